The monoisotopic (exact) mass is 256 g/mol. The Kier molecular flexibility index (Phi) is 3.05. The summed E-state index contributed by atoms with van der Waals surface area (Å²) in [6.07, 6.45) is 1.47. The predicted octanol–water partition coefficient (Wildman–Crippen LogP) is 3.54. The van der Waals surface area contributed by atoms with Crippen molar-refractivity contribution in [1.29, 1.82) is 0 Å². The van der Waals surface area contributed by atoms with Crippen LogP contribution >= 0.6 is 0 Å². The Balaban J connectivity index is 2.10. The number of fused-ring (bicyclic) bond motifs is 1. The molecule has 0 unspecified atom stereocenters. The fourth-order valence-corrected chi connectivity index (χ4v) is 2.43. The van der Waals surface area contributed by atoms with Crippen LogP contribution in [-0.2, 0) is 0 Å². The minimum atomic E-state index is 0.178. The van der Waals surface area contributed by atoms with E-state index in [4.69, 9.17) is 4.74 Å². The Hall–Kier alpha value is -1.77. The highest BCUT2D eigenvalue weighted by molar-refractivity contribution is 5.88. The van der Waals surface area contributed by atoms with Crippen molar-refractivity contribution >= 4 is 16.6 Å². The molecule has 3 rings (SSSR count). The largest absolute Gasteiger partial charge is 0.490 e. The molecular weight excluding hydrogens is 236 g/mol. The molecule has 0 amide bonds. The Morgan fingerprint density at radius 1 is 1.21 bits per heavy atom. The molecule has 0 N–H and O–H groups in total. The van der Waals surface area contributed by atoms with Crippen molar-refractivity contribution in [3.05, 3.63) is 30.0 Å². The van der Waals surface area contributed by atoms with E-state index in [2.05, 4.69) is 41.9 Å². The molecule has 0 atom stereocenters. The van der Waals surface area contributed by atoms with Crippen molar-refractivity contribution in [2.75, 3.05) is 18.0 Å². The van der Waals surface area contributed by atoms with E-state index < -0.39 is 0 Å². The summed E-state index contributed by atoms with van der Waals surface area (Å²) in [5.74, 6) is 0.944. The second-order valence-corrected chi connectivity index (χ2v) is 5.47. The summed E-state index contributed by atoms with van der Waals surface area (Å²) in [4.78, 5) is 6.98. The fraction of sp³-hybridized carbons (Fsp3) is 0.438. The summed E-state index contributed by atoms with van der Waals surface area (Å²) in [5.41, 5.74) is 3.29. The first-order valence-corrected chi connectivity index (χ1v) is 6.96. The van der Waals surface area contributed by atoms with Crippen LogP contribution in [0.3, 0.4) is 0 Å². The van der Waals surface area contributed by atoms with Crippen molar-refractivity contribution in [3.63, 3.8) is 0 Å². The van der Waals surface area contributed by atoms with Crippen LogP contribution in [0.25, 0.3) is 10.9 Å². The van der Waals surface area contributed by atoms with Gasteiger partial charge in [0.05, 0.1) is 11.6 Å². The summed E-state index contributed by atoms with van der Waals surface area (Å²) in [6.45, 7) is 8.44. The van der Waals surface area contributed by atoms with Gasteiger partial charge in [0.2, 0.25) is 0 Å². The van der Waals surface area contributed by atoms with E-state index in [1.54, 1.807) is 0 Å². The molecule has 2 aromatic rings. The molecular formula is C16H20N2O. The van der Waals surface area contributed by atoms with Gasteiger partial charge >= 0.3 is 0 Å². The number of benzene rings is 1. The molecule has 1 aromatic carbocycles. The smallest absolute Gasteiger partial charge is 0.130 e. The Morgan fingerprint density at radius 3 is 2.63 bits per heavy atom. The summed E-state index contributed by atoms with van der Waals surface area (Å²) in [7, 11) is 0. The van der Waals surface area contributed by atoms with E-state index in [0.717, 1.165) is 35.4 Å². The number of ether oxygens (including phenoxy) is 1. The van der Waals surface area contributed by atoms with Gasteiger partial charge in [-0.1, -0.05) is 0 Å². The third-order valence-electron chi connectivity index (χ3n) is 3.47. The molecule has 3 nitrogen and oxygen atoms in total. The molecule has 1 fully saturated rings. The van der Waals surface area contributed by atoms with Gasteiger partial charge in [0.15, 0.2) is 0 Å². The average Bonchev–Trinajstić information content (AvgIpc) is 2.26. The first-order chi connectivity index (χ1) is 9.13. The van der Waals surface area contributed by atoms with Crippen LogP contribution in [0.2, 0.25) is 0 Å². The van der Waals surface area contributed by atoms with Gasteiger partial charge in [-0.2, -0.15) is 0 Å². The molecule has 1 aliphatic rings. The molecule has 0 aliphatic carbocycles. The molecule has 0 saturated carbocycles. The number of aryl methyl sites for hydroxylation is 1. The SMILES string of the molecule is Cc1cc(OC(C)C)c2cc(N3CCC3)ccc2n1. The van der Waals surface area contributed by atoms with Gasteiger partial charge in [-0.15, -0.1) is 0 Å². The Morgan fingerprint density at radius 2 is 2.00 bits per heavy atom. The van der Waals surface area contributed by atoms with Gasteiger partial charge in [-0.25, -0.2) is 0 Å². The zero-order valence-corrected chi connectivity index (χ0v) is 11.8. The summed E-state index contributed by atoms with van der Waals surface area (Å²) in [5, 5.41) is 1.11. The third kappa shape index (κ3) is 2.37. The lowest BCUT2D eigenvalue weighted by atomic mass is 10.1. The molecule has 19 heavy (non-hydrogen) atoms. The number of pyridine rings is 1. The van der Waals surface area contributed by atoms with Gasteiger partial charge in [-0.05, 0) is 45.4 Å². The quantitative estimate of drug-likeness (QED) is 0.840. The first-order valence-electron chi connectivity index (χ1n) is 6.96. The molecule has 0 bridgehead atoms. The van der Waals surface area contributed by atoms with Gasteiger partial charge in [0, 0.05) is 35.9 Å². The number of rotatable bonds is 3. The molecule has 1 aromatic heterocycles. The zero-order chi connectivity index (χ0) is 13.4. The van der Waals surface area contributed by atoms with E-state index in [-0.39, 0.29) is 6.10 Å². The fourth-order valence-electron chi connectivity index (χ4n) is 2.43. The maximum atomic E-state index is 5.94. The predicted molar refractivity (Wildman–Crippen MR) is 79.1 cm³/mol. The lowest BCUT2D eigenvalue weighted by molar-refractivity contribution is 0.245. The topological polar surface area (TPSA) is 25.4 Å². The number of anilines is 1. The van der Waals surface area contributed by atoms with E-state index in [0.29, 0.717) is 0 Å². The normalized spacial score (nSPS) is 14.8. The van der Waals surface area contributed by atoms with E-state index in [9.17, 15) is 0 Å². The summed E-state index contributed by atoms with van der Waals surface area (Å²) >= 11 is 0. The van der Waals surface area contributed by atoms with Crippen molar-refractivity contribution in [3.8, 4) is 5.75 Å². The molecule has 100 valence electrons. The lowest BCUT2D eigenvalue weighted by Gasteiger charge is -2.33. The van der Waals surface area contributed by atoms with Crippen LogP contribution in [0.15, 0.2) is 24.3 Å². The van der Waals surface area contributed by atoms with Crippen LogP contribution in [0, 0.1) is 6.92 Å². The molecule has 0 spiro atoms. The molecule has 0 radical (unpaired) electrons. The molecule has 3 heteroatoms. The van der Waals surface area contributed by atoms with Crippen molar-refractivity contribution < 1.29 is 4.74 Å². The molecule has 1 saturated heterocycles. The van der Waals surface area contributed by atoms with E-state index in [1.807, 2.05) is 13.0 Å². The minimum Gasteiger partial charge on any atom is -0.490 e. The highest BCUT2D eigenvalue weighted by Gasteiger charge is 2.16. The highest BCUT2D eigenvalue weighted by atomic mass is 16.5. The molecule has 1 aliphatic heterocycles. The second-order valence-electron chi connectivity index (χ2n) is 5.47. The number of aromatic nitrogens is 1. The number of hydrogen-bond acceptors (Lipinski definition) is 3. The van der Waals surface area contributed by atoms with Gasteiger partial charge in [0.25, 0.3) is 0 Å². The summed E-state index contributed by atoms with van der Waals surface area (Å²) < 4.78 is 5.94. The van der Waals surface area contributed by atoms with Gasteiger partial charge in [0.1, 0.15) is 5.75 Å². The van der Waals surface area contributed by atoms with Gasteiger partial charge in [-0.3, -0.25) is 4.98 Å². The number of nitrogens with zero attached hydrogens (tertiary/aromatic N) is 2. The minimum absolute atomic E-state index is 0.178. The van der Waals surface area contributed by atoms with Crippen molar-refractivity contribution in [1.82, 2.24) is 4.98 Å². The summed E-state index contributed by atoms with van der Waals surface area (Å²) in [6, 6.07) is 8.50. The second kappa shape index (κ2) is 4.72. The highest BCUT2D eigenvalue weighted by Crippen LogP contribution is 2.31. The first kappa shape index (κ1) is 12.3. The maximum Gasteiger partial charge on any atom is 0.130 e. The van der Waals surface area contributed by atoms with Crippen LogP contribution < -0.4 is 9.64 Å². The molecule has 2 heterocycles. The Labute approximate surface area is 114 Å². The van der Waals surface area contributed by atoms with Gasteiger partial charge < -0.3 is 9.64 Å². The van der Waals surface area contributed by atoms with Crippen molar-refractivity contribution in [2.24, 2.45) is 0 Å². The average molecular weight is 256 g/mol. The van der Waals surface area contributed by atoms with Crippen LogP contribution in [-0.4, -0.2) is 24.2 Å². The standard InChI is InChI=1S/C16H20N2O/c1-11(2)19-16-9-12(3)17-15-6-5-13(10-14(15)16)18-7-4-8-18/h5-6,9-11H,4,7-8H2,1-3H3. The Bertz CT molecular complexity index is 603. The zero-order valence-electron chi connectivity index (χ0n) is 11.8. The number of hydrogen-bond donors (Lipinski definition) is 0. The van der Waals surface area contributed by atoms with E-state index >= 15 is 0 Å². The van der Waals surface area contributed by atoms with E-state index in [1.165, 1.54) is 12.1 Å². The maximum absolute atomic E-state index is 5.94. The van der Waals surface area contributed by atoms with Crippen LogP contribution in [0.1, 0.15) is 26.0 Å². The van der Waals surface area contributed by atoms with Crippen LogP contribution in [0.4, 0.5) is 5.69 Å². The lowest BCUT2D eigenvalue weighted by Crippen LogP contribution is -2.36. The third-order valence-corrected chi connectivity index (χ3v) is 3.47. The van der Waals surface area contributed by atoms with Crippen molar-refractivity contribution in [2.45, 2.75) is 33.3 Å². The van der Waals surface area contributed by atoms with Crippen LogP contribution in [0.5, 0.6) is 5.75 Å².